The molecule has 0 unspecified atom stereocenters. The fraction of sp³-hybridized carbons (Fsp3) is 0.0714. The average Bonchev–Trinajstić information content (AvgIpc) is 2.88. The summed E-state index contributed by atoms with van der Waals surface area (Å²) < 4.78 is 12.3. The fourth-order valence-corrected chi connectivity index (χ4v) is 3.72. The summed E-state index contributed by atoms with van der Waals surface area (Å²) in [6, 6.07) is 33.2. The molecule has 0 bridgehead atoms. The number of carbonyl (C=O) groups is 1. The Hall–Kier alpha value is -3.90. The van der Waals surface area contributed by atoms with Gasteiger partial charge in [0.15, 0.2) is 6.61 Å². The molecule has 6 heteroatoms. The Bertz CT molecular complexity index is 1260. The summed E-state index contributed by atoms with van der Waals surface area (Å²) in [6.45, 7) is 0.288. The minimum absolute atomic E-state index is 0.160. The van der Waals surface area contributed by atoms with Gasteiger partial charge in [0.05, 0.1) is 10.7 Å². The van der Waals surface area contributed by atoms with Crippen LogP contribution < -0.4 is 14.9 Å². The van der Waals surface area contributed by atoms with Crippen LogP contribution in [0.1, 0.15) is 11.1 Å². The van der Waals surface area contributed by atoms with E-state index in [1.807, 2.05) is 103 Å². The lowest BCUT2D eigenvalue weighted by molar-refractivity contribution is -0.123. The maximum absolute atomic E-state index is 12.2. The molecule has 0 aliphatic heterocycles. The van der Waals surface area contributed by atoms with Gasteiger partial charge in [-0.25, -0.2) is 5.43 Å². The van der Waals surface area contributed by atoms with E-state index in [1.165, 1.54) is 0 Å². The van der Waals surface area contributed by atoms with Crippen LogP contribution in [-0.4, -0.2) is 18.7 Å². The molecule has 0 radical (unpaired) electrons. The highest BCUT2D eigenvalue weighted by molar-refractivity contribution is 9.10. The van der Waals surface area contributed by atoms with Crippen molar-refractivity contribution in [1.82, 2.24) is 5.43 Å². The molecule has 1 N–H and O–H groups in total. The number of nitrogens with zero attached hydrogens (tertiary/aromatic N) is 1. The largest absolute Gasteiger partial charge is 0.488 e. The highest BCUT2D eigenvalue weighted by Crippen LogP contribution is 2.30. The summed E-state index contributed by atoms with van der Waals surface area (Å²) in [5.41, 5.74) is 6.49. The molecule has 0 saturated carbocycles. The molecule has 0 fully saturated rings. The summed E-state index contributed by atoms with van der Waals surface area (Å²) in [7, 11) is 0. The van der Waals surface area contributed by atoms with Crippen molar-refractivity contribution in [2.45, 2.75) is 6.61 Å². The van der Waals surface area contributed by atoms with E-state index in [9.17, 15) is 4.79 Å². The van der Waals surface area contributed by atoms with Crippen molar-refractivity contribution in [2.75, 3.05) is 6.61 Å². The van der Waals surface area contributed by atoms with Crippen LogP contribution in [0.5, 0.6) is 11.5 Å². The molecule has 0 aliphatic rings. The Morgan fingerprint density at radius 3 is 2.26 bits per heavy atom. The lowest BCUT2D eigenvalue weighted by Crippen LogP contribution is -2.24. The van der Waals surface area contributed by atoms with E-state index in [4.69, 9.17) is 9.47 Å². The van der Waals surface area contributed by atoms with E-state index in [1.54, 1.807) is 6.21 Å². The SMILES string of the molecule is O=C(COc1ccc(-c2ccccc2)cc1Br)N/N=C/c1ccccc1OCc1ccccc1. The van der Waals surface area contributed by atoms with Gasteiger partial charge in [-0.3, -0.25) is 4.79 Å². The Morgan fingerprint density at radius 2 is 1.50 bits per heavy atom. The number of carbonyl (C=O) groups excluding carboxylic acids is 1. The van der Waals surface area contributed by atoms with Crippen LogP contribution in [0.15, 0.2) is 113 Å². The van der Waals surface area contributed by atoms with Crippen molar-refractivity contribution in [1.29, 1.82) is 0 Å². The smallest absolute Gasteiger partial charge is 0.277 e. The van der Waals surface area contributed by atoms with Crippen molar-refractivity contribution < 1.29 is 14.3 Å². The Morgan fingerprint density at radius 1 is 0.794 bits per heavy atom. The summed E-state index contributed by atoms with van der Waals surface area (Å²) >= 11 is 3.52. The third kappa shape index (κ3) is 6.56. The monoisotopic (exact) mass is 514 g/mol. The molecule has 0 heterocycles. The number of hydrogen-bond donors (Lipinski definition) is 1. The Balaban J connectivity index is 1.29. The van der Waals surface area contributed by atoms with Crippen LogP contribution in [0.3, 0.4) is 0 Å². The number of para-hydroxylation sites is 1. The predicted molar refractivity (Wildman–Crippen MR) is 138 cm³/mol. The van der Waals surface area contributed by atoms with Crippen molar-refractivity contribution >= 4 is 28.1 Å². The van der Waals surface area contributed by atoms with Gasteiger partial charge < -0.3 is 9.47 Å². The lowest BCUT2D eigenvalue weighted by atomic mass is 10.1. The number of hydrogen-bond acceptors (Lipinski definition) is 4. The zero-order valence-corrected chi connectivity index (χ0v) is 19.9. The molecule has 5 nitrogen and oxygen atoms in total. The van der Waals surface area contributed by atoms with Gasteiger partial charge in [-0.2, -0.15) is 5.10 Å². The molecule has 0 atom stereocenters. The first-order chi connectivity index (χ1) is 16.7. The van der Waals surface area contributed by atoms with E-state index in [0.717, 1.165) is 26.7 Å². The van der Waals surface area contributed by atoms with E-state index < -0.39 is 0 Å². The second kappa shape index (κ2) is 11.8. The Kier molecular flexibility index (Phi) is 8.08. The van der Waals surface area contributed by atoms with Crippen LogP contribution in [0.4, 0.5) is 0 Å². The van der Waals surface area contributed by atoms with E-state index in [2.05, 4.69) is 26.5 Å². The van der Waals surface area contributed by atoms with E-state index in [0.29, 0.717) is 18.1 Å². The van der Waals surface area contributed by atoms with E-state index >= 15 is 0 Å². The Labute approximate surface area is 207 Å². The quantitative estimate of drug-likeness (QED) is 0.213. The first kappa shape index (κ1) is 23.3. The molecule has 0 aromatic heterocycles. The highest BCUT2D eigenvalue weighted by atomic mass is 79.9. The van der Waals surface area contributed by atoms with Gasteiger partial charge in [-0.15, -0.1) is 0 Å². The summed E-state index contributed by atoms with van der Waals surface area (Å²) in [5.74, 6) is 0.902. The van der Waals surface area contributed by atoms with E-state index in [-0.39, 0.29) is 12.5 Å². The zero-order chi connectivity index (χ0) is 23.6. The van der Waals surface area contributed by atoms with Crippen LogP contribution >= 0.6 is 15.9 Å². The molecule has 170 valence electrons. The normalized spacial score (nSPS) is 10.7. The van der Waals surface area contributed by atoms with Gasteiger partial charge in [0, 0.05) is 5.56 Å². The number of rotatable bonds is 9. The van der Waals surface area contributed by atoms with Gasteiger partial charge in [0.1, 0.15) is 18.1 Å². The lowest BCUT2D eigenvalue weighted by Gasteiger charge is -2.10. The number of amides is 1. The number of halogens is 1. The first-order valence-electron chi connectivity index (χ1n) is 10.7. The van der Waals surface area contributed by atoms with Crippen molar-refractivity contribution in [3.63, 3.8) is 0 Å². The maximum atomic E-state index is 12.2. The molecule has 4 rings (SSSR count). The molecule has 0 aliphatic carbocycles. The molecule has 34 heavy (non-hydrogen) atoms. The third-order valence-corrected chi connectivity index (χ3v) is 5.57. The maximum Gasteiger partial charge on any atom is 0.277 e. The molecular formula is C28H23BrN2O3. The number of benzene rings is 4. The summed E-state index contributed by atoms with van der Waals surface area (Å²) in [6.07, 6.45) is 1.56. The fourth-order valence-electron chi connectivity index (χ4n) is 3.23. The molecule has 4 aromatic carbocycles. The third-order valence-electron chi connectivity index (χ3n) is 4.95. The summed E-state index contributed by atoms with van der Waals surface area (Å²) in [4.78, 5) is 12.2. The predicted octanol–water partition coefficient (Wildman–Crippen LogP) is 6.22. The van der Waals surface area contributed by atoms with Crippen molar-refractivity contribution in [2.24, 2.45) is 5.10 Å². The van der Waals surface area contributed by atoms with Crippen LogP contribution in [0.25, 0.3) is 11.1 Å². The molecule has 1 amide bonds. The number of nitrogens with one attached hydrogen (secondary N) is 1. The topological polar surface area (TPSA) is 59.9 Å². The van der Waals surface area contributed by atoms with Gasteiger partial charge in [-0.05, 0) is 56.9 Å². The highest BCUT2D eigenvalue weighted by Gasteiger charge is 2.07. The minimum Gasteiger partial charge on any atom is -0.488 e. The van der Waals surface area contributed by atoms with Gasteiger partial charge in [0.25, 0.3) is 5.91 Å². The van der Waals surface area contributed by atoms with Gasteiger partial charge in [-0.1, -0.05) is 78.9 Å². The minimum atomic E-state index is -0.363. The number of hydrazone groups is 1. The van der Waals surface area contributed by atoms with Crippen LogP contribution in [-0.2, 0) is 11.4 Å². The molecule has 0 saturated heterocycles. The standard InChI is InChI=1S/C28H23BrN2O3/c29-25-17-23(22-11-5-2-6-12-22)15-16-27(25)34-20-28(32)31-30-18-24-13-7-8-14-26(24)33-19-21-9-3-1-4-10-21/h1-18H,19-20H2,(H,31,32)/b30-18+. The van der Waals surface area contributed by atoms with Crippen LogP contribution in [0.2, 0.25) is 0 Å². The first-order valence-corrected chi connectivity index (χ1v) is 11.5. The van der Waals surface area contributed by atoms with Crippen molar-refractivity contribution in [3.8, 4) is 22.6 Å². The number of ether oxygens (including phenoxy) is 2. The van der Waals surface area contributed by atoms with Crippen LogP contribution in [0, 0.1) is 0 Å². The molecule has 4 aromatic rings. The van der Waals surface area contributed by atoms with Gasteiger partial charge in [0.2, 0.25) is 0 Å². The zero-order valence-electron chi connectivity index (χ0n) is 18.4. The van der Waals surface area contributed by atoms with Gasteiger partial charge >= 0.3 is 0 Å². The summed E-state index contributed by atoms with van der Waals surface area (Å²) in [5, 5.41) is 4.05. The second-order valence-electron chi connectivity index (χ2n) is 7.41. The molecular weight excluding hydrogens is 492 g/mol. The van der Waals surface area contributed by atoms with Crippen molar-refractivity contribution in [3.05, 3.63) is 119 Å². The second-order valence-corrected chi connectivity index (χ2v) is 8.26. The molecule has 0 spiro atoms. The average molecular weight is 515 g/mol.